The zero-order valence-corrected chi connectivity index (χ0v) is 5.80. The third-order valence-electron chi connectivity index (χ3n) is 1.68. The van der Waals surface area contributed by atoms with E-state index >= 15 is 0 Å². The molecule has 0 N–H and O–H groups in total. The summed E-state index contributed by atoms with van der Waals surface area (Å²) < 4.78 is 17.5. The van der Waals surface area contributed by atoms with Crippen LogP contribution < -0.4 is 0 Å². The molecule has 0 aromatic heterocycles. The predicted octanol–water partition coefficient (Wildman–Crippen LogP) is 0.285. The van der Waals surface area contributed by atoms with Crippen LogP contribution in [0.4, 0.5) is 4.39 Å². The van der Waals surface area contributed by atoms with E-state index in [4.69, 9.17) is 4.74 Å². The number of rotatable bonds is 1. The van der Waals surface area contributed by atoms with Crippen LogP contribution in [-0.4, -0.2) is 44.4 Å². The Bertz CT molecular complexity index is 99.1. The molecule has 1 aliphatic heterocycles. The lowest BCUT2D eigenvalue weighted by molar-refractivity contribution is 0.0629. The van der Waals surface area contributed by atoms with E-state index in [1.54, 1.807) is 7.11 Å². The maximum Gasteiger partial charge on any atom is 0.140 e. The first-order valence-corrected chi connectivity index (χ1v) is 3.09. The van der Waals surface area contributed by atoms with Gasteiger partial charge in [0.1, 0.15) is 12.3 Å². The number of hydrogen-bond acceptors (Lipinski definition) is 2. The fourth-order valence-electron chi connectivity index (χ4n) is 1.13. The normalized spacial score (nSPS) is 37.7. The molecule has 1 aliphatic rings. The van der Waals surface area contributed by atoms with Crippen LogP contribution in [0.5, 0.6) is 0 Å². The zero-order chi connectivity index (χ0) is 6.85. The highest BCUT2D eigenvalue weighted by atomic mass is 19.1. The highest BCUT2D eigenvalue weighted by Gasteiger charge is 2.30. The van der Waals surface area contributed by atoms with Crippen molar-refractivity contribution in [2.45, 2.75) is 12.3 Å². The van der Waals surface area contributed by atoms with Gasteiger partial charge in [0.05, 0.1) is 0 Å². The Hall–Kier alpha value is -0.150. The number of likely N-dealkylation sites (N-methyl/N-ethyl adjacent to an activating group) is 1. The molecule has 3 heteroatoms. The second-order valence-electron chi connectivity index (χ2n) is 2.51. The van der Waals surface area contributed by atoms with Gasteiger partial charge in [-0.25, -0.2) is 4.39 Å². The summed E-state index contributed by atoms with van der Waals surface area (Å²) in [7, 11) is 3.45. The van der Waals surface area contributed by atoms with E-state index in [0.29, 0.717) is 6.54 Å². The van der Waals surface area contributed by atoms with E-state index in [0.717, 1.165) is 6.54 Å². The Morgan fingerprint density at radius 2 is 2.22 bits per heavy atom. The van der Waals surface area contributed by atoms with E-state index in [9.17, 15) is 4.39 Å². The second-order valence-corrected chi connectivity index (χ2v) is 2.51. The average molecular weight is 133 g/mol. The number of likely N-dealkylation sites (tertiary alicyclic amines) is 1. The summed E-state index contributed by atoms with van der Waals surface area (Å²) in [6.45, 7) is 1.23. The van der Waals surface area contributed by atoms with Crippen molar-refractivity contribution < 1.29 is 9.13 Å². The molecule has 0 amide bonds. The van der Waals surface area contributed by atoms with E-state index in [1.807, 2.05) is 11.9 Å². The smallest absolute Gasteiger partial charge is 0.140 e. The number of methoxy groups -OCH3 is 1. The summed E-state index contributed by atoms with van der Waals surface area (Å²) in [5.41, 5.74) is 0. The molecule has 1 saturated heterocycles. The SMILES string of the molecule is CO[C@H]1CN(C)C[C@@H]1F. The topological polar surface area (TPSA) is 12.5 Å². The summed E-state index contributed by atoms with van der Waals surface area (Å²) in [5, 5.41) is 0. The lowest BCUT2D eigenvalue weighted by atomic mass is 10.3. The number of ether oxygens (including phenoxy) is 1. The molecule has 1 fully saturated rings. The third-order valence-corrected chi connectivity index (χ3v) is 1.68. The lowest BCUT2D eigenvalue weighted by Crippen LogP contribution is -2.21. The van der Waals surface area contributed by atoms with Gasteiger partial charge in [-0.15, -0.1) is 0 Å². The van der Waals surface area contributed by atoms with Gasteiger partial charge in [0.25, 0.3) is 0 Å². The van der Waals surface area contributed by atoms with Crippen molar-refractivity contribution in [1.82, 2.24) is 4.90 Å². The molecule has 1 heterocycles. The summed E-state index contributed by atoms with van der Waals surface area (Å²) in [5.74, 6) is 0. The van der Waals surface area contributed by atoms with Crippen LogP contribution in [0, 0.1) is 0 Å². The number of halogens is 1. The second kappa shape index (κ2) is 2.62. The van der Waals surface area contributed by atoms with Gasteiger partial charge < -0.3 is 9.64 Å². The molecule has 0 spiro atoms. The van der Waals surface area contributed by atoms with Crippen molar-refractivity contribution in [2.75, 3.05) is 27.2 Å². The fraction of sp³-hybridized carbons (Fsp3) is 1.00. The van der Waals surface area contributed by atoms with E-state index in [2.05, 4.69) is 0 Å². The van der Waals surface area contributed by atoms with Crippen LogP contribution in [-0.2, 0) is 4.74 Å². The molecule has 1 rings (SSSR count). The molecule has 0 aromatic rings. The largest absolute Gasteiger partial charge is 0.377 e. The molecule has 0 aliphatic carbocycles. The summed E-state index contributed by atoms with van der Waals surface area (Å²) in [4.78, 5) is 1.93. The van der Waals surface area contributed by atoms with Gasteiger partial charge in [-0.2, -0.15) is 0 Å². The van der Waals surface area contributed by atoms with Gasteiger partial charge in [-0.1, -0.05) is 0 Å². The molecule has 54 valence electrons. The van der Waals surface area contributed by atoms with E-state index in [1.165, 1.54) is 0 Å². The van der Waals surface area contributed by atoms with E-state index < -0.39 is 6.17 Å². The van der Waals surface area contributed by atoms with Crippen molar-refractivity contribution in [3.8, 4) is 0 Å². The monoisotopic (exact) mass is 133 g/mol. The maximum atomic E-state index is 12.7. The predicted molar refractivity (Wildman–Crippen MR) is 33.2 cm³/mol. The molecular formula is C6H12FNO. The first-order chi connectivity index (χ1) is 4.24. The van der Waals surface area contributed by atoms with Crippen molar-refractivity contribution in [2.24, 2.45) is 0 Å². The Balaban J connectivity index is 2.38. The molecule has 0 aromatic carbocycles. The number of hydrogen-bond donors (Lipinski definition) is 0. The summed E-state index contributed by atoms with van der Waals surface area (Å²) in [6, 6.07) is 0. The van der Waals surface area contributed by atoms with Crippen LogP contribution >= 0.6 is 0 Å². The van der Waals surface area contributed by atoms with Gasteiger partial charge in [0.2, 0.25) is 0 Å². The highest BCUT2D eigenvalue weighted by Crippen LogP contribution is 2.13. The van der Waals surface area contributed by atoms with E-state index in [-0.39, 0.29) is 6.10 Å². The minimum atomic E-state index is -0.792. The quantitative estimate of drug-likeness (QED) is 0.509. The van der Waals surface area contributed by atoms with Gasteiger partial charge in [0.15, 0.2) is 0 Å². The van der Waals surface area contributed by atoms with Crippen molar-refractivity contribution in [1.29, 1.82) is 0 Å². The van der Waals surface area contributed by atoms with Gasteiger partial charge >= 0.3 is 0 Å². The Morgan fingerprint density at radius 1 is 1.56 bits per heavy atom. The first kappa shape index (κ1) is 6.96. The number of alkyl halides is 1. The van der Waals surface area contributed by atoms with Gasteiger partial charge in [-0.3, -0.25) is 0 Å². The van der Waals surface area contributed by atoms with Crippen molar-refractivity contribution >= 4 is 0 Å². The molecule has 0 saturated carbocycles. The zero-order valence-electron chi connectivity index (χ0n) is 5.80. The Morgan fingerprint density at radius 3 is 2.44 bits per heavy atom. The minimum Gasteiger partial charge on any atom is -0.377 e. The van der Waals surface area contributed by atoms with Crippen LogP contribution in [0.15, 0.2) is 0 Å². The maximum absolute atomic E-state index is 12.7. The molecule has 2 nitrogen and oxygen atoms in total. The van der Waals surface area contributed by atoms with Crippen molar-refractivity contribution in [3.05, 3.63) is 0 Å². The van der Waals surface area contributed by atoms with Crippen LogP contribution in [0.1, 0.15) is 0 Å². The highest BCUT2D eigenvalue weighted by molar-refractivity contribution is 4.82. The van der Waals surface area contributed by atoms with Crippen LogP contribution in [0.25, 0.3) is 0 Å². The standard InChI is InChI=1S/C6H12FNO/c1-8-3-5(7)6(4-8)9-2/h5-6H,3-4H2,1-2H3/t5-,6-/m0/s1. The lowest BCUT2D eigenvalue weighted by Gasteiger charge is -2.07. The number of nitrogens with zero attached hydrogens (tertiary/aromatic N) is 1. The molecule has 0 radical (unpaired) electrons. The Labute approximate surface area is 54.6 Å². The van der Waals surface area contributed by atoms with Crippen LogP contribution in [0.2, 0.25) is 0 Å². The van der Waals surface area contributed by atoms with Gasteiger partial charge in [0, 0.05) is 20.2 Å². The average Bonchev–Trinajstić information content (AvgIpc) is 2.10. The summed E-state index contributed by atoms with van der Waals surface area (Å²) in [6.07, 6.45) is -0.991. The molecule has 0 bridgehead atoms. The first-order valence-electron chi connectivity index (χ1n) is 3.09. The third kappa shape index (κ3) is 1.40. The molecule has 0 unspecified atom stereocenters. The molecule has 9 heavy (non-hydrogen) atoms. The van der Waals surface area contributed by atoms with Gasteiger partial charge in [-0.05, 0) is 7.05 Å². The van der Waals surface area contributed by atoms with Crippen molar-refractivity contribution in [3.63, 3.8) is 0 Å². The Kier molecular flexibility index (Phi) is 2.03. The minimum absolute atomic E-state index is 0.199. The summed E-state index contributed by atoms with van der Waals surface area (Å²) >= 11 is 0. The fourth-order valence-corrected chi connectivity index (χ4v) is 1.13. The van der Waals surface area contributed by atoms with Crippen LogP contribution in [0.3, 0.4) is 0 Å². The molecular weight excluding hydrogens is 121 g/mol. The molecule has 2 atom stereocenters.